The molecule has 3 aromatic rings. The number of benzene rings is 1. The van der Waals surface area contributed by atoms with Gasteiger partial charge in [0, 0.05) is 18.5 Å². The van der Waals surface area contributed by atoms with E-state index in [4.69, 9.17) is 4.74 Å². The molecule has 2 heterocycles. The van der Waals surface area contributed by atoms with E-state index in [1.807, 2.05) is 0 Å². The van der Waals surface area contributed by atoms with Gasteiger partial charge in [0.25, 0.3) is 0 Å². The second-order valence-electron chi connectivity index (χ2n) is 9.32. The predicted molar refractivity (Wildman–Crippen MR) is 134 cm³/mol. The van der Waals surface area contributed by atoms with Gasteiger partial charge in [-0.15, -0.1) is 5.10 Å². The summed E-state index contributed by atoms with van der Waals surface area (Å²) in [5.74, 6) is 0.125. The maximum absolute atomic E-state index is 13.4. The third-order valence-electron chi connectivity index (χ3n) is 6.60. The molecule has 9 nitrogen and oxygen atoms in total. The summed E-state index contributed by atoms with van der Waals surface area (Å²) < 4.78 is 46.6. The van der Waals surface area contributed by atoms with Gasteiger partial charge in [0.2, 0.25) is 5.91 Å². The average molecular weight is 531 g/mol. The van der Waals surface area contributed by atoms with E-state index in [-0.39, 0.29) is 28.9 Å². The van der Waals surface area contributed by atoms with Crippen molar-refractivity contribution in [3.05, 3.63) is 53.2 Å². The molecule has 12 heteroatoms. The highest BCUT2D eigenvalue weighted by molar-refractivity contribution is 5.93. The zero-order valence-electron chi connectivity index (χ0n) is 21.3. The zero-order valence-corrected chi connectivity index (χ0v) is 21.3. The Morgan fingerprint density at radius 1 is 1.08 bits per heavy atom. The lowest BCUT2D eigenvalue weighted by Gasteiger charge is -2.21. The number of halogens is 3. The first-order chi connectivity index (χ1) is 18.0. The molecule has 38 heavy (non-hydrogen) atoms. The van der Waals surface area contributed by atoms with Crippen LogP contribution in [-0.2, 0) is 22.8 Å². The average Bonchev–Trinajstić information content (AvgIpc) is 3.24. The lowest BCUT2D eigenvalue weighted by atomic mass is 9.88. The molecule has 0 unspecified atom stereocenters. The Hall–Kier alpha value is -3.96. The molecule has 1 aromatic carbocycles. The smallest absolute Gasteiger partial charge is 0.416 e. The van der Waals surface area contributed by atoms with Crippen LogP contribution in [0.15, 0.2) is 36.4 Å². The van der Waals surface area contributed by atoms with Gasteiger partial charge >= 0.3 is 12.3 Å². The van der Waals surface area contributed by atoms with Crippen LogP contribution < -0.4 is 10.6 Å². The third-order valence-corrected chi connectivity index (χ3v) is 6.60. The first-order valence-corrected chi connectivity index (χ1v) is 12.4. The molecule has 1 fully saturated rings. The molecule has 0 radical (unpaired) electrons. The first kappa shape index (κ1) is 27.1. The minimum absolute atomic E-state index is 0.00452. The maximum atomic E-state index is 13.4. The fourth-order valence-electron chi connectivity index (χ4n) is 4.55. The number of aromatic nitrogens is 4. The molecule has 4 rings (SSSR count). The molecule has 1 aliphatic rings. The SMILES string of the molecule is Cc1nc(-c2nnn(C)c2NC(=O)O[C@@H](C)c2ccccc2C(F)(F)F)ccc1NC(=O)C1CCCCC1. The zero-order chi connectivity index (χ0) is 27.4. The third kappa shape index (κ3) is 6.12. The van der Waals surface area contributed by atoms with Crippen LogP contribution >= 0.6 is 0 Å². The summed E-state index contributed by atoms with van der Waals surface area (Å²) in [7, 11) is 1.54. The van der Waals surface area contributed by atoms with Crippen LogP contribution in [0, 0.1) is 12.8 Å². The van der Waals surface area contributed by atoms with E-state index >= 15 is 0 Å². The number of amides is 2. The molecule has 2 amide bonds. The maximum Gasteiger partial charge on any atom is 0.416 e. The summed E-state index contributed by atoms with van der Waals surface area (Å²) in [5.41, 5.74) is 0.723. The van der Waals surface area contributed by atoms with Gasteiger partial charge in [-0.3, -0.25) is 10.1 Å². The fourth-order valence-corrected chi connectivity index (χ4v) is 4.55. The minimum Gasteiger partial charge on any atom is -0.441 e. The van der Waals surface area contributed by atoms with Gasteiger partial charge in [0.05, 0.1) is 22.6 Å². The summed E-state index contributed by atoms with van der Waals surface area (Å²) in [6.45, 7) is 3.11. The number of alkyl halides is 3. The number of carbonyl (C=O) groups is 2. The molecule has 1 atom stereocenters. The standard InChI is InChI=1S/C26H29F3N6O3/c1-15-20(31-24(36)17-9-5-4-6-10-17)13-14-21(30-15)22-23(35(3)34-33-22)32-25(37)38-16(2)18-11-7-8-12-19(18)26(27,28)29/h7-8,11-14,16-17H,4-6,9-10H2,1-3H3,(H,31,36)(H,32,37)/t16-/m0/s1. The number of carbonyl (C=O) groups excluding carboxylic acids is 2. The van der Waals surface area contributed by atoms with Crippen LogP contribution in [0.25, 0.3) is 11.4 Å². The van der Waals surface area contributed by atoms with E-state index in [9.17, 15) is 22.8 Å². The van der Waals surface area contributed by atoms with Gasteiger partial charge in [0.1, 0.15) is 6.10 Å². The van der Waals surface area contributed by atoms with Crippen LogP contribution in [0.5, 0.6) is 0 Å². The summed E-state index contributed by atoms with van der Waals surface area (Å²) in [6, 6.07) is 8.28. The Kier molecular flexibility index (Phi) is 7.98. The number of pyridine rings is 1. The number of hydrogen-bond acceptors (Lipinski definition) is 6. The van der Waals surface area contributed by atoms with E-state index in [1.54, 1.807) is 26.1 Å². The minimum atomic E-state index is -4.59. The van der Waals surface area contributed by atoms with E-state index in [2.05, 4.69) is 25.9 Å². The van der Waals surface area contributed by atoms with Crippen molar-refractivity contribution in [2.24, 2.45) is 13.0 Å². The number of nitrogens with one attached hydrogen (secondary N) is 2. The van der Waals surface area contributed by atoms with Crippen LogP contribution in [-0.4, -0.2) is 32.0 Å². The van der Waals surface area contributed by atoms with Gasteiger partial charge in [-0.25, -0.2) is 14.5 Å². The summed E-state index contributed by atoms with van der Waals surface area (Å²) >= 11 is 0. The van der Waals surface area contributed by atoms with E-state index in [1.165, 1.54) is 29.8 Å². The number of nitrogens with zero attached hydrogens (tertiary/aromatic N) is 4. The largest absolute Gasteiger partial charge is 0.441 e. The van der Waals surface area contributed by atoms with E-state index in [0.29, 0.717) is 17.1 Å². The highest BCUT2D eigenvalue weighted by Gasteiger charge is 2.35. The first-order valence-electron chi connectivity index (χ1n) is 12.4. The van der Waals surface area contributed by atoms with Gasteiger partial charge in [0.15, 0.2) is 11.5 Å². The molecule has 1 saturated carbocycles. The molecule has 2 N–H and O–H groups in total. The molecule has 0 saturated heterocycles. The lowest BCUT2D eigenvalue weighted by molar-refractivity contribution is -0.139. The predicted octanol–water partition coefficient (Wildman–Crippen LogP) is 6.03. The van der Waals surface area contributed by atoms with Crippen LogP contribution in [0.3, 0.4) is 0 Å². The topological polar surface area (TPSA) is 111 Å². The van der Waals surface area contributed by atoms with Crippen LogP contribution in [0.4, 0.5) is 29.5 Å². The number of aryl methyl sites for hydroxylation is 2. The Labute approximate surface area is 217 Å². The van der Waals surface area contributed by atoms with Crippen molar-refractivity contribution < 1.29 is 27.5 Å². The molecular weight excluding hydrogens is 501 g/mol. The number of anilines is 2. The summed E-state index contributed by atoms with van der Waals surface area (Å²) in [4.78, 5) is 29.8. The number of ether oxygens (including phenoxy) is 1. The van der Waals surface area contributed by atoms with Crippen molar-refractivity contribution in [1.82, 2.24) is 20.0 Å². The van der Waals surface area contributed by atoms with Crippen molar-refractivity contribution in [1.29, 1.82) is 0 Å². The quantitative estimate of drug-likeness (QED) is 0.402. The van der Waals surface area contributed by atoms with Crippen LogP contribution in [0.2, 0.25) is 0 Å². The van der Waals surface area contributed by atoms with Crippen molar-refractivity contribution in [2.45, 2.75) is 58.2 Å². The fraction of sp³-hybridized carbons (Fsp3) is 0.423. The van der Waals surface area contributed by atoms with E-state index in [0.717, 1.165) is 38.2 Å². The highest BCUT2D eigenvalue weighted by atomic mass is 19.4. The van der Waals surface area contributed by atoms with Gasteiger partial charge in [-0.05, 0) is 44.9 Å². The van der Waals surface area contributed by atoms with E-state index < -0.39 is 23.9 Å². The van der Waals surface area contributed by atoms with Crippen molar-refractivity contribution in [3.63, 3.8) is 0 Å². The molecule has 0 spiro atoms. The second-order valence-corrected chi connectivity index (χ2v) is 9.32. The molecule has 0 aliphatic heterocycles. The van der Waals surface area contributed by atoms with Crippen molar-refractivity contribution in [2.75, 3.05) is 10.6 Å². The van der Waals surface area contributed by atoms with Gasteiger partial charge in [-0.2, -0.15) is 13.2 Å². The van der Waals surface area contributed by atoms with Gasteiger partial charge in [-0.1, -0.05) is 42.7 Å². The van der Waals surface area contributed by atoms with Crippen molar-refractivity contribution >= 4 is 23.5 Å². The molecule has 0 bridgehead atoms. The monoisotopic (exact) mass is 530 g/mol. The molecular formula is C26H29F3N6O3. The highest BCUT2D eigenvalue weighted by Crippen LogP contribution is 2.36. The molecule has 1 aliphatic carbocycles. The lowest BCUT2D eigenvalue weighted by Crippen LogP contribution is -2.25. The number of hydrogen-bond donors (Lipinski definition) is 2. The Bertz CT molecular complexity index is 1320. The number of rotatable bonds is 6. The Balaban J connectivity index is 1.47. The Morgan fingerprint density at radius 3 is 2.47 bits per heavy atom. The van der Waals surface area contributed by atoms with Crippen molar-refractivity contribution in [3.8, 4) is 11.4 Å². The van der Waals surface area contributed by atoms with Gasteiger partial charge < -0.3 is 10.1 Å². The normalized spacial score (nSPS) is 15.1. The molecule has 2 aromatic heterocycles. The van der Waals surface area contributed by atoms with Crippen LogP contribution in [0.1, 0.15) is 62.0 Å². The Morgan fingerprint density at radius 2 is 1.79 bits per heavy atom. The summed E-state index contributed by atoms with van der Waals surface area (Å²) in [6.07, 6.45) is -1.74. The summed E-state index contributed by atoms with van der Waals surface area (Å²) in [5, 5.41) is 13.5. The molecule has 202 valence electrons. The second kappa shape index (κ2) is 11.2.